The van der Waals surface area contributed by atoms with Crippen molar-refractivity contribution in [3.63, 3.8) is 0 Å². The normalized spacial score (nSPS) is 18.7. The van der Waals surface area contributed by atoms with Gasteiger partial charge in [0.2, 0.25) is 0 Å². The second-order valence-electron chi connectivity index (χ2n) is 7.70. The number of ether oxygens (including phenoxy) is 1. The van der Waals surface area contributed by atoms with Gasteiger partial charge in [0.25, 0.3) is 0 Å². The lowest BCUT2D eigenvalue weighted by atomic mass is 9.97. The van der Waals surface area contributed by atoms with Gasteiger partial charge in [0, 0.05) is 23.7 Å². The Labute approximate surface area is 171 Å². The molecule has 0 spiro atoms. The number of benzene rings is 3. The molecule has 4 heteroatoms. The molecule has 29 heavy (non-hydrogen) atoms. The molecule has 4 rings (SSSR count). The first-order chi connectivity index (χ1) is 14.2. The molecule has 3 aromatic rings. The molecule has 0 heterocycles. The van der Waals surface area contributed by atoms with Crippen molar-refractivity contribution in [2.75, 3.05) is 18.1 Å². The summed E-state index contributed by atoms with van der Waals surface area (Å²) < 4.78 is 5.25. The molecule has 2 atom stereocenters. The Bertz CT molecular complexity index is 978. The van der Waals surface area contributed by atoms with E-state index in [-0.39, 0.29) is 6.61 Å². The maximum Gasteiger partial charge on any atom is 0.341 e. The molecule has 1 aliphatic rings. The van der Waals surface area contributed by atoms with Gasteiger partial charge < -0.3 is 14.7 Å². The van der Waals surface area contributed by atoms with Crippen LogP contribution in [0.3, 0.4) is 0 Å². The lowest BCUT2D eigenvalue weighted by Gasteiger charge is -2.31. The largest absolute Gasteiger partial charge is 0.482 e. The summed E-state index contributed by atoms with van der Waals surface area (Å²) in [6.07, 6.45) is 3.48. The zero-order chi connectivity index (χ0) is 20.2. The van der Waals surface area contributed by atoms with Crippen LogP contribution in [0.2, 0.25) is 0 Å². The summed E-state index contributed by atoms with van der Waals surface area (Å²) in [5.74, 6) is 0.176. The summed E-state index contributed by atoms with van der Waals surface area (Å²) in [5, 5.41) is 11.3. The number of rotatable bonds is 7. The summed E-state index contributed by atoms with van der Waals surface area (Å²) >= 11 is 0. The van der Waals surface area contributed by atoms with E-state index < -0.39 is 5.97 Å². The minimum Gasteiger partial charge on any atom is -0.482 e. The average molecular weight is 389 g/mol. The van der Waals surface area contributed by atoms with Gasteiger partial charge in [-0.15, -0.1) is 0 Å². The molecule has 0 saturated heterocycles. The third-order valence-corrected chi connectivity index (χ3v) is 5.98. The number of carboxylic acids is 1. The molecule has 0 amide bonds. The van der Waals surface area contributed by atoms with E-state index in [1.165, 1.54) is 34.9 Å². The molecule has 4 nitrogen and oxygen atoms in total. The fourth-order valence-corrected chi connectivity index (χ4v) is 4.61. The van der Waals surface area contributed by atoms with E-state index in [4.69, 9.17) is 9.84 Å². The Kier molecular flexibility index (Phi) is 5.70. The van der Waals surface area contributed by atoms with Crippen LogP contribution in [0.5, 0.6) is 5.75 Å². The molecular formula is C25H27NO3. The van der Waals surface area contributed by atoms with Crippen LogP contribution in [0.15, 0.2) is 66.7 Å². The van der Waals surface area contributed by atoms with Crippen molar-refractivity contribution in [1.82, 2.24) is 0 Å². The second-order valence-corrected chi connectivity index (χ2v) is 7.70. The van der Waals surface area contributed by atoms with E-state index in [2.05, 4.69) is 66.4 Å². The molecule has 1 fully saturated rings. The van der Waals surface area contributed by atoms with Crippen LogP contribution in [-0.4, -0.2) is 30.3 Å². The van der Waals surface area contributed by atoms with Crippen molar-refractivity contribution in [1.29, 1.82) is 0 Å². The van der Waals surface area contributed by atoms with Gasteiger partial charge in [-0.05, 0) is 61.3 Å². The highest BCUT2D eigenvalue weighted by Crippen LogP contribution is 2.40. The maximum atomic E-state index is 10.6. The SMILES string of the molecule is CCN(c1cccc2ccccc12)[C@H]1CC[C@@H](c2ccc(OCC(=O)O)cc2)C1. The van der Waals surface area contributed by atoms with Crippen molar-refractivity contribution in [3.8, 4) is 5.75 Å². The molecule has 0 bridgehead atoms. The van der Waals surface area contributed by atoms with Gasteiger partial charge in [-0.2, -0.15) is 0 Å². The minimum atomic E-state index is -0.958. The van der Waals surface area contributed by atoms with Gasteiger partial charge in [-0.3, -0.25) is 0 Å². The van der Waals surface area contributed by atoms with Gasteiger partial charge in [0.05, 0.1) is 0 Å². The fourth-order valence-electron chi connectivity index (χ4n) is 4.61. The predicted molar refractivity (Wildman–Crippen MR) is 117 cm³/mol. The lowest BCUT2D eigenvalue weighted by Crippen LogP contribution is -2.33. The summed E-state index contributed by atoms with van der Waals surface area (Å²) in [4.78, 5) is 13.2. The van der Waals surface area contributed by atoms with Crippen molar-refractivity contribution in [2.45, 2.75) is 38.1 Å². The van der Waals surface area contributed by atoms with Crippen molar-refractivity contribution >= 4 is 22.4 Å². The Morgan fingerprint density at radius 1 is 1.03 bits per heavy atom. The molecule has 0 unspecified atom stereocenters. The molecule has 150 valence electrons. The maximum absolute atomic E-state index is 10.6. The Balaban J connectivity index is 1.49. The third kappa shape index (κ3) is 4.21. The molecule has 0 aromatic heterocycles. The number of anilines is 1. The number of hydrogen-bond acceptors (Lipinski definition) is 3. The van der Waals surface area contributed by atoms with E-state index >= 15 is 0 Å². The molecule has 0 radical (unpaired) electrons. The van der Waals surface area contributed by atoms with Crippen LogP contribution in [0, 0.1) is 0 Å². The van der Waals surface area contributed by atoms with Crippen LogP contribution < -0.4 is 9.64 Å². The quantitative estimate of drug-likeness (QED) is 0.582. The Hall–Kier alpha value is -3.01. The number of fused-ring (bicyclic) bond motifs is 1. The highest BCUT2D eigenvalue weighted by molar-refractivity contribution is 5.94. The van der Waals surface area contributed by atoms with E-state index in [1.54, 1.807) is 0 Å². The molecule has 0 aliphatic heterocycles. The van der Waals surface area contributed by atoms with Crippen LogP contribution in [0.4, 0.5) is 5.69 Å². The first kappa shape index (κ1) is 19.3. The number of nitrogens with zero attached hydrogens (tertiary/aromatic N) is 1. The molecule has 1 N–H and O–H groups in total. The number of hydrogen-bond donors (Lipinski definition) is 1. The van der Waals surface area contributed by atoms with Crippen LogP contribution in [-0.2, 0) is 4.79 Å². The fraction of sp³-hybridized carbons (Fsp3) is 0.320. The highest BCUT2D eigenvalue weighted by Gasteiger charge is 2.30. The summed E-state index contributed by atoms with van der Waals surface area (Å²) in [7, 11) is 0. The van der Waals surface area contributed by atoms with Crippen molar-refractivity contribution < 1.29 is 14.6 Å². The lowest BCUT2D eigenvalue weighted by molar-refractivity contribution is -0.139. The van der Waals surface area contributed by atoms with Gasteiger partial charge in [-0.1, -0.05) is 48.5 Å². The zero-order valence-corrected chi connectivity index (χ0v) is 16.8. The van der Waals surface area contributed by atoms with Crippen LogP contribution in [0.25, 0.3) is 10.8 Å². The molecule has 3 aromatic carbocycles. The first-order valence-electron chi connectivity index (χ1n) is 10.3. The second kappa shape index (κ2) is 8.56. The van der Waals surface area contributed by atoms with E-state index in [0.29, 0.717) is 17.7 Å². The van der Waals surface area contributed by atoms with E-state index in [9.17, 15) is 4.79 Å². The van der Waals surface area contributed by atoms with Crippen LogP contribution in [0.1, 0.15) is 37.7 Å². The zero-order valence-electron chi connectivity index (χ0n) is 16.8. The Morgan fingerprint density at radius 2 is 1.79 bits per heavy atom. The summed E-state index contributed by atoms with van der Waals surface area (Å²) in [5.41, 5.74) is 2.64. The smallest absolute Gasteiger partial charge is 0.341 e. The summed E-state index contributed by atoms with van der Waals surface area (Å²) in [6.45, 7) is 2.93. The van der Waals surface area contributed by atoms with Crippen molar-refractivity contribution in [2.24, 2.45) is 0 Å². The highest BCUT2D eigenvalue weighted by atomic mass is 16.5. The van der Waals surface area contributed by atoms with Gasteiger partial charge in [0.15, 0.2) is 6.61 Å². The average Bonchev–Trinajstić information content (AvgIpc) is 3.23. The molecule has 1 aliphatic carbocycles. The molecular weight excluding hydrogens is 362 g/mol. The minimum absolute atomic E-state index is 0.304. The van der Waals surface area contributed by atoms with Crippen molar-refractivity contribution in [3.05, 3.63) is 72.3 Å². The first-order valence-corrected chi connectivity index (χ1v) is 10.3. The van der Waals surface area contributed by atoms with E-state index in [1.807, 2.05) is 12.1 Å². The van der Waals surface area contributed by atoms with Crippen LogP contribution >= 0.6 is 0 Å². The van der Waals surface area contributed by atoms with Gasteiger partial charge in [0.1, 0.15) is 5.75 Å². The topological polar surface area (TPSA) is 49.8 Å². The predicted octanol–water partition coefficient (Wildman–Crippen LogP) is 5.47. The molecule has 1 saturated carbocycles. The summed E-state index contributed by atoms with van der Waals surface area (Å²) in [6, 6.07) is 23.6. The standard InChI is InChI=1S/C25H27NO3/c1-2-26(24-9-5-7-19-6-3-4-8-23(19)24)21-13-10-20(16-21)18-11-14-22(15-12-18)29-17-25(27)28/h3-9,11-12,14-15,20-21H,2,10,13,16-17H2,1H3,(H,27,28)/t20-,21+/m1/s1. The van der Waals surface area contributed by atoms with Gasteiger partial charge in [-0.25, -0.2) is 4.79 Å². The van der Waals surface area contributed by atoms with Gasteiger partial charge >= 0.3 is 5.97 Å². The third-order valence-electron chi connectivity index (χ3n) is 5.98. The number of aliphatic carboxylic acids is 1. The monoisotopic (exact) mass is 389 g/mol. The number of carbonyl (C=O) groups is 1. The van der Waals surface area contributed by atoms with E-state index in [0.717, 1.165) is 13.0 Å². The number of carboxylic acid groups (broad SMARTS) is 1. The Morgan fingerprint density at radius 3 is 2.55 bits per heavy atom.